The summed E-state index contributed by atoms with van der Waals surface area (Å²) < 4.78 is 0. The zero-order valence-corrected chi connectivity index (χ0v) is 6.54. The Morgan fingerprint density at radius 2 is 1.46 bits per heavy atom. The molecule has 0 aliphatic heterocycles. The van der Waals surface area contributed by atoms with Crippen LogP contribution in [0.2, 0.25) is 0 Å². The van der Waals surface area contributed by atoms with Crippen molar-refractivity contribution in [3.05, 3.63) is 30.6 Å². The van der Waals surface area contributed by atoms with Crippen LogP contribution < -0.4 is 5.32 Å². The van der Waals surface area contributed by atoms with Gasteiger partial charge in [-0.1, -0.05) is 6.07 Å². The predicted octanol–water partition coefficient (Wildman–Crippen LogP) is 1.01. The predicted molar refractivity (Wildman–Crippen MR) is 43.4 cm³/mol. The van der Waals surface area contributed by atoms with Crippen LogP contribution in [-0.2, 0) is 0 Å². The second kappa shape index (κ2) is 6.59. The molecule has 0 radical (unpaired) electrons. The molecule has 0 saturated carbocycles. The molecule has 6 heteroatoms. The molecule has 0 aliphatic carbocycles. The molecular formula is C7H8N2O4. The number of carbonyl (C=O) groups is 2. The fraction of sp³-hybridized carbons (Fsp3) is 0. The van der Waals surface area contributed by atoms with E-state index >= 15 is 0 Å². The summed E-state index contributed by atoms with van der Waals surface area (Å²) in [5.41, 5.74) is 0. The number of hydrogen-bond acceptors (Lipinski definition) is 3. The molecule has 1 heterocycles. The third-order valence-corrected chi connectivity index (χ3v) is 0.780. The standard InChI is InChI=1S/C5H5N.C2H3NO4/c1-2-4-6-5-3-1;4-1(5)3-2(6)7/h1-5H;3H,(H,4,5)(H,6,7). The number of nitrogens with zero attached hydrogens (tertiary/aromatic N) is 1. The summed E-state index contributed by atoms with van der Waals surface area (Å²) in [6.07, 6.45) is 0.375. The largest absolute Gasteiger partial charge is 0.465 e. The lowest BCUT2D eigenvalue weighted by atomic mass is 10.5. The lowest BCUT2D eigenvalue weighted by Crippen LogP contribution is -2.26. The summed E-state index contributed by atoms with van der Waals surface area (Å²) in [6, 6.07) is 5.72. The van der Waals surface area contributed by atoms with Crippen LogP contribution in [-0.4, -0.2) is 27.4 Å². The van der Waals surface area contributed by atoms with Crippen LogP contribution in [0.3, 0.4) is 0 Å². The number of rotatable bonds is 0. The molecule has 0 unspecified atom stereocenters. The van der Waals surface area contributed by atoms with Gasteiger partial charge in [-0.2, -0.15) is 0 Å². The molecule has 6 nitrogen and oxygen atoms in total. The number of amides is 2. The van der Waals surface area contributed by atoms with Crippen molar-refractivity contribution in [1.29, 1.82) is 0 Å². The van der Waals surface area contributed by atoms with Crippen molar-refractivity contribution < 1.29 is 19.8 Å². The molecule has 1 aromatic heterocycles. The van der Waals surface area contributed by atoms with E-state index in [1.165, 1.54) is 0 Å². The first-order chi connectivity index (χ1) is 6.13. The average molecular weight is 184 g/mol. The molecule has 0 spiro atoms. The van der Waals surface area contributed by atoms with Gasteiger partial charge >= 0.3 is 12.2 Å². The Morgan fingerprint density at radius 3 is 1.54 bits per heavy atom. The minimum atomic E-state index is -1.56. The van der Waals surface area contributed by atoms with Gasteiger partial charge < -0.3 is 10.2 Å². The minimum Gasteiger partial charge on any atom is -0.465 e. The number of aromatic nitrogens is 1. The Hall–Kier alpha value is -2.11. The third kappa shape index (κ3) is 9.89. The van der Waals surface area contributed by atoms with Crippen LogP contribution in [0.1, 0.15) is 0 Å². The summed E-state index contributed by atoms with van der Waals surface area (Å²) in [6.45, 7) is 0. The van der Waals surface area contributed by atoms with E-state index in [9.17, 15) is 9.59 Å². The highest BCUT2D eigenvalue weighted by Gasteiger charge is 1.97. The fourth-order valence-corrected chi connectivity index (χ4v) is 0.404. The number of imide groups is 1. The van der Waals surface area contributed by atoms with Crippen molar-refractivity contribution in [2.24, 2.45) is 0 Å². The number of pyridine rings is 1. The van der Waals surface area contributed by atoms with Gasteiger partial charge in [0.2, 0.25) is 0 Å². The molecule has 70 valence electrons. The van der Waals surface area contributed by atoms with Crippen molar-refractivity contribution in [3.8, 4) is 0 Å². The minimum absolute atomic E-state index is 1.14. The second-order valence-electron chi connectivity index (χ2n) is 1.76. The molecule has 1 aromatic rings. The monoisotopic (exact) mass is 184 g/mol. The molecule has 2 amide bonds. The van der Waals surface area contributed by atoms with E-state index in [1.807, 2.05) is 18.2 Å². The van der Waals surface area contributed by atoms with E-state index in [-0.39, 0.29) is 0 Å². The zero-order valence-electron chi connectivity index (χ0n) is 6.54. The van der Waals surface area contributed by atoms with Crippen LogP contribution >= 0.6 is 0 Å². The molecule has 0 atom stereocenters. The van der Waals surface area contributed by atoms with Crippen molar-refractivity contribution >= 4 is 12.2 Å². The van der Waals surface area contributed by atoms with E-state index in [0.29, 0.717) is 0 Å². The molecule has 1 rings (SSSR count). The van der Waals surface area contributed by atoms with Gasteiger partial charge in [-0.3, -0.25) is 4.98 Å². The molecular weight excluding hydrogens is 176 g/mol. The normalized spacial score (nSPS) is 7.69. The SMILES string of the molecule is O=C(O)NC(=O)O.c1ccncc1. The zero-order chi connectivity index (χ0) is 10.1. The Balaban J connectivity index is 0.000000223. The van der Waals surface area contributed by atoms with Gasteiger partial charge in [-0.25, -0.2) is 14.9 Å². The first-order valence-electron chi connectivity index (χ1n) is 3.21. The van der Waals surface area contributed by atoms with Gasteiger partial charge in [0.05, 0.1) is 0 Å². The summed E-state index contributed by atoms with van der Waals surface area (Å²) >= 11 is 0. The van der Waals surface area contributed by atoms with Gasteiger partial charge in [0.15, 0.2) is 0 Å². The molecule has 0 fully saturated rings. The third-order valence-electron chi connectivity index (χ3n) is 0.780. The van der Waals surface area contributed by atoms with Crippen LogP contribution in [0.15, 0.2) is 30.6 Å². The topological polar surface area (TPSA) is 99.5 Å². The fourth-order valence-electron chi connectivity index (χ4n) is 0.404. The van der Waals surface area contributed by atoms with Crippen LogP contribution in [0.25, 0.3) is 0 Å². The number of hydrogen-bond donors (Lipinski definition) is 3. The van der Waals surface area contributed by atoms with Crippen molar-refractivity contribution in [2.75, 3.05) is 0 Å². The van der Waals surface area contributed by atoms with E-state index in [4.69, 9.17) is 10.2 Å². The maximum absolute atomic E-state index is 9.32. The van der Waals surface area contributed by atoms with Gasteiger partial charge in [-0.15, -0.1) is 0 Å². The molecule has 0 aliphatic rings. The van der Waals surface area contributed by atoms with Crippen LogP contribution in [0.5, 0.6) is 0 Å². The maximum atomic E-state index is 9.32. The lowest BCUT2D eigenvalue weighted by molar-refractivity contribution is 0.174. The van der Waals surface area contributed by atoms with E-state index in [0.717, 1.165) is 5.32 Å². The van der Waals surface area contributed by atoms with E-state index in [2.05, 4.69) is 4.98 Å². The van der Waals surface area contributed by atoms with Gasteiger partial charge in [0.25, 0.3) is 0 Å². The van der Waals surface area contributed by atoms with Crippen LogP contribution in [0, 0.1) is 0 Å². The maximum Gasteiger partial charge on any atom is 0.414 e. The Bertz CT molecular complexity index is 224. The second-order valence-corrected chi connectivity index (χ2v) is 1.76. The smallest absolute Gasteiger partial charge is 0.414 e. The van der Waals surface area contributed by atoms with Gasteiger partial charge in [0, 0.05) is 12.4 Å². The molecule has 0 bridgehead atoms. The summed E-state index contributed by atoms with van der Waals surface area (Å²) in [5, 5.41) is 16.3. The molecule has 3 N–H and O–H groups in total. The lowest BCUT2D eigenvalue weighted by Gasteiger charge is -1.85. The quantitative estimate of drug-likeness (QED) is 0.558. The molecule has 0 aromatic carbocycles. The Labute approximate surface area is 73.8 Å². The number of carboxylic acid groups (broad SMARTS) is 2. The summed E-state index contributed by atoms with van der Waals surface area (Å²) in [7, 11) is 0. The molecule has 0 saturated heterocycles. The first-order valence-corrected chi connectivity index (χ1v) is 3.21. The van der Waals surface area contributed by atoms with Crippen molar-refractivity contribution in [1.82, 2.24) is 10.3 Å². The average Bonchev–Trinajstić information content (AvgIpc) is 2.06. The Morgan fingerprint density at radius 1 is 1.00 bits per heavy atom. The Kier molecular flexibility index (Phi) is 5.52. The van der Waals surface area contributed by atoms with E-state index < -0.39 is 12.2 Å². The van der Waals surface area contributed by atoms with Crippen LogP contribution in [0.4, 0.5) is 9.59 Å². The summed E-state index contributed by atoms with van der Waals surface area (Å²) in [4.78, 5) is 22.4. The van der Waals surface area contributed by atoms with Crippen molar-refractivity contribution in [2.45, 2.75) is 0 Å². The van der Waals surface area contributed by atoms with E-state index in [1.54, 1.807) is 12.4 Å². The summed E-state index contributed by atoms with van der Waals surface area (Å²) in [5.74, 6) is 0. The van der Waals surface area contributed by atoms with Gasteiger partial charge in [0.1, 0.15) is 0 Å². The number of nitrogens with one attached hydrogen (secondary N) is 1. The molecule has 13 heavy (non-hydrogen) atoms. The highest BCUT2D eigenvalue weighted by atomic mass is 16.4. The highest BCUT2D eigenvalue weighted by molar-refractivity contribution is 5.84. The first kappa shape index (κ1) is 10.9. The van der Waals surface area contributed by atoms with Crippen molar-refractivity contribution in [3.63, 3.8) is 0 Å². The van der Waals surface area contributed by atoms with Gasteiger partial charge in [-0.05, 0) is 12.1 Å². The highest BCUT2D eigenvalue weighted by Crippen LogP contribution is 1.73.